The van der Waals surface area contributed by atoms with E-state index >= 15 is 0 Å². The molecule has 3 aromatic rings. The van der Waals surface area contributed by atoms with Gasteiger partial charge in [0.25, 0.3) is 0 Å². The quantitative estimate of drug-likeness (QED) is 0.535. The van der Waals surface area contributed by atoms with E-state index in [2.05, 4.69) is 0 Å². The lowest BCUT2D eigenvalue weighted by Gasteiger charge is -2.19. The molecule has 3 rings (SSSR count). The zero-order valence-electron chi connectivity index (χ0n) is 14.7. The molecule has 0 unspecified atom stereocenters. The highest BCUT2D eigenvalue weighted by atomic mass is 35.5. The Labute approximate surface area is 172 Å². The van der Waals surface area contributed by atoms with Gasteiger partial charge in [-0.25, -0.2) is 0 Å². The summed E-state index contributed by atoms with van der Waals surface area (Å²) in [4.78, 5) is 0.651. The van der Waals surface area contributed by atoms with E-state index in [9.17, 15) is 18.3 Å². The van der Waals surface area contributed by atoms with E-state index in [1.54, 1.807) is 54.6 Å². The van der Waals surface area contributed by atoms with Crippen LogP contribution in [0.4, 0.5) is 13.2 Å². The molecule has 7 heteroatoms. The Morgan fingerprint density at radius 1 is 0.857 bits per heavy atom. The molecule has 0 radical (unpaired) electrons. The Morgan fingerprint density at radius 2 is 1.50 bits per heavy atom. The van der Waals surface area contributed by atoms with Crippen LogP contribution in [-0.2, 0) is 19.3 Å². The number of hydrogen-bond donors (Lipinski definition) is 2. The van der Waals surface area contributed by atoms with Crippen LogP contribution in [0.5, 0.6) is 0 Å². The number of nitrogens with two attached hydrogens (primary N) is 1. The van der Waals surface area contributed by atoms with Crippen molar-refractivity contribution in [2.24, 2.45) is 5.73 Å². The molecule has 0 aromatic heterocycles. The summed E-state index contributed by atoms with van der Waals surface area (Å²) in [5.41, 5.74) is 7.25. The number of aliphatic hydroxyl groups excluding tert-OH is 1. The van der Waals surface area contributed by atoms with Crippen molar-refractivity contribution in [3.63, 3.8) is 0 Å². The maximum atomic E-state index is 13.8. The van der Waals surface area contributed by atoms with Crippen molar-refractivity contribution in [2.45, 2.75) is 29.1 Å². The minimum atomic E-state index is -4.52. The maximum Gasteiger partial charge on any atom is 0.417 e. The highest BCUT2D eigenvalue weighted by Gasteiger charge is 2.35. The van der Waals surface area contributed by atoms with E-state index in [4.69, 9.17) is 5.73 Å². The molecule has 0 saturated heterocycles. The largest absolute Gasteiger partial charge is 0.417 e. The number of alkyl halides is 3. The average Bonchev–Trinajstić information content (AvgIpc) is 2.68. The van der Waals surface area contributed by atoms with E-state index in [0.29, 0.717) is 27.1 Å². The molecule has 2 nitrogen and oxygen atoms in total. The summed E-state index contributed by atoms with van der Waals surface area (Å²) in [5, 5.41) is 9.48. The van der Waals surface area contributed by atoms with Crippen LogP contribution in [0.1, 0.15) is 16.7 Å². The number of aliphatic hydroxyl groups is 1. The fraction of sp³-hybridized carbons (Fsp3) is 0.143. The molecule has 0 amide bonds. The molecule has 0 heterocycles. The van der Waals surface area contributed by atoms with Crippen molar-refractivity contribution in [2.75, 3.05) is 0 Å². The summed E-state index contributed by atoms with van der Waals surface area (Å²) in [6.45, 7) is -0.266. The zero-order valence-corrected chi connectivity index (χ0v) is 16.4. The monoisotopic (exact) mass is 425 g/mol. The third-order valence-corrected chi connectivity index (χ3v) is 5.46. The van der Waals surface area contributed by atoms with Crippen LogP contribution in [0.2, 0.25) is 0 Å². The molecule has 0 fully saturated rings. The van der Waals surface area contributed by atoms with Crippen molar-refractivity contribution in [1.82, 2.24) is 0 Å². The molecule has 0 bridgehead atoms. The highest BCUT2D eigenvalue weighted by Crippen LogP contribution is 2.44. The standard InChI is InChI=1S/C21H18F3NOS.ClH/c22-21(23,24)18-11-16(14-6-2-1-3-7-14)10-17(12-25)20(18)27-19-9-5-4-8-15(19)13-26;/h1-11,26H,12-13,25H2;1H. The van der Waals surface area contributed by atoms with E-state index in [0.717, 1.165) is 11.8 Å². The van der Waals surface area contributed by atoms with E-state index in [-0.39, 0.29) is 30.5 Å². The zero-order chi connectivity index (χ0) is 19.4. The summed E-state index contributed by atoms with van der Waals surface area (Å²) >= 11 is 0.987. The van der Waals surface area contributed by atoms with Crippen LogP contribution in [0.15, 0.2) is 76.5 Å². The normalized spacial score (nSPS) is 11.2. The summed E-state index contributed by atoms with van der Waals surface area (Å²) < 4.78 is 41.5. The maximum absolute atomic E-state index is 13.8. The van der Waals surface area contributed by atoms with Crippen LogP contribution in [0, 0.1) is 0 Å². The first kappa shape index (κ1) is 22.3. The minimum Gasteiger partial charge on any atom is -0.392 e. The van der Waals surface area contributed by atoms with Gasteiger partial charge in [-0.1, -0.05) is 60.3 Å². The topological polar surface area (TPSA) is 46.2 Å². The lowest BCUT2D eigenvalue weighted by atomic mass is 9.99. The van der Waals surface area contributed by atoms with Gasteiger partial charge in [0, 0.05) is 16.3 Å². The van der Waals surface area contributed by atoms with Gasteiger partial charge in [0.05, 0.1) is 12.2 Å². The first-order valence-corrected chi connectivity index (χ1v) is 9.12. The molecule has 0 aliphatic carbocycles. The molecule has 28 heavy (non-hydrogen) atoms. The van der Waals surface area contributed by atoms with Crippen molar-refractivity contribution in [3.05, 3.63) is 83.4 Å². The fourth-order valence-corrected chi connectivity index (χ4v) is 4.00. The Morgan fingerprint density at radius 3 is 2.11 bits per heavy atom. The van der Waals surface area contributed by atoms with E-state index in [1.807, 2.05) is 6.07 Å². The molecule has 0 atom stereocenters. The number of halogens is 4. The van der Waals surface area contributed by atoms with Gasteiger partial charge in [-0.2, -0.15) is 13.2 Å². The van der Waals surface area contributed by atoms with Crippen LogP contribution < -0.4 is 5.73 Å². The van der Waals surface area contributed by atoms with Crippen LogP contribution in [-0.4, -0.2) is 5.11 Å². The summed E-state index contributed by atoms with van der Waals surface area (Å²) in [6.07, 6.45) is -4.52. The van der Waals surface area contributed by atoms with Gasteiger partial charge in [-0.15, -0.1) is 12.4 Å². The van der Waals surface area contributed by atoms with Gasteiger partial charge < -0.3 is 10.8 Å². The number of hydrogen-bond acceptors (Lipinski definition) is 3. The molecule has 0 aliphatic heterocycles. The molecular weight excluding hydrogens is 407 g/mol. The van der Waals surface area contributed by atoms with Crippen LogP contribution in [0.25, 0.3) is 11.1 Å². The van der Waals surface area contributed by atoms with E-state index in [1.165, 1.54) is 6.07 Å². The smallest absolute Gasteiger partial charge is 0.392 e. The SMILES string of the molecule is Cl.NCc1cc(-c2ccccc2)cc(C(F)(F)F)c1Sc1ccccc1CO. The first-order valence-electron chi connectivity index (χ1n) is 8.30. The summed E-state index contributed by atoms with van der Waals surface area (Å²) in [7, 11) is 0. The van der Waals surface area contributed by atoms with Gasteiger partial charge in [0.15, 0.2) is 0 Å². The van der Waals surface area contributed by atoms with Gasteiger partial charge in [0.1, 0.15) is 0 Å². The Kier molecular flexibility index (Phi) is 7.55. The molecule has 3 N–H and O–H groups in total. The summed E-state index contributed by atoms with van der Waals surface area (Å²) in [5.74, 6) is 0. The second kappa shape index (κ2) is 9.47. The number of rotatable bonds is 5. The molecule has 0 spiro atoms. The van der Waals surface area contributed by atoms with Crippen molar-refractivity contribution < 1.29 is 18.3 Å². The van der Waals surface area contributed by atoms with Crippen molar-refractivity contribution in [3.8, 4) is 11.1 Å². The Bertz CT molecular complexity index is 933. The van der Waals surface area contributed by atoms with E-state index < -0.39 is 11.7 Å². The van der Waals surface area contributed by atoms with Gasteiger partial charge in [-0.3, -0.25) is 0 Å². The van der Waals surface area contributed by atoms with Gasteiger partial charge >= 0.3 is 6.18 Å². The van der Waals surface area contributed by atoms with Crippen LogP contribution >= 0.6 is 24.2 Å². The van der Waals surface area contributed by atoms with Gasteiger partial charge in [0.2, 0.25) is 0 Å². The molecule has 148 valence electrons. The first-order chi connectivity index (χ1) is 12.9. The predicted octanol–water partition coefficient (Wildman–Crippen LogP) is 5.90. The fourth-order valence-electron chi connectivity index (χ4n) is 2.81. The Balaban J connectivity index is 0.00000280. The summed E-state index contributed by atoms with van der Waals surface area (Å²) in [6, 6.07) is 18.6. The third-order valence-electron chi connectivity index (χ3n) is 4.15. The molecule has 3 aromatic carbocycles. The number of benzene rings is 3. The van der Waals surface area contributed by atoms with Gasteiger partial charge in [-0.05, 0) is 40.5 Å². The average molecular weight is 426 g/mol. The predicted molar refractivity (Wildman–Crippen MR) is 109 cm³/mol. The highest BCUT2D eigenvalue weighted by molar-refractivity contribution is 7.99. The Hall–Kier alpha value is -1.99. The molecule has 0 saturated carbocycles. The lowest BCUT2D eigenvalue weighted by molar-refractivity contribution is -0.139. The third kappa shape index (κ3) is 4.89. The minimum absolute atomic E-state index is 0. The second-order valence-electron chi connectivity index (χ2n) is 5.95. The molecule has 0 aliphatic rings. The molecular formula is C21H19ClF3NOS. The second-order valence-corrected chi connectivity index (χ2v) is 7.00. The van der Waals surface area contributed by atoms with Crippen molar-refractivity contribution >= 4 is 24.2 Å². The lowest BCUT2D eigenvalue weighted by Crippen LogP contribution is -2.11. The van der Waals surface area contributed by atoms with Crippen LogP contribution in [0.3, 0.4) is 0 Å². The van der Waals surface area contributed by atoms with Crippen molar-refractivity contribution in [1.29, 1.82) is 0 Å².